The van der Waals surface area contributed by atoms with Crippen molar-refractivity contribution in [3.63, 3.8) is 0 Å². The molecule has 0 N–H and O–H groups in total. The molecule has 0 saturated heterocycles. The van der Waals surface area contributed by atoms with Gasteiger partial charge in [0.15, 0.2) is 0 Å². The van der Waals surface area contributed by atoms with E-state index < -0.39 is 0 Å². The zero-order chi connectivity index (χ0) is 37.5. The van der Waals surface area contributed by atoms with E-state index in [2.05, 4.69) is 202 Å². The van der Waals surface area contributed by atoms with Crippen LogP contribution in [0.3, 0.4) is 0 Å². The lowest BCUT2D eigenvalue weighted by molar-refractivity contribution is 0.888. The number of nitrogens with zero attached hydrogens (tertiary/aromatic N) is 3. The Labute approximate surface area is 331 Å². The second kappa shape index (κ2) is 12.7. The second-order valence-electron chi connectivity index (χ2n) is 15.6. The summed E-state index contributed by atoms with van der Waals surface area (Å²) < 4.78 is 7.37. The molecule has 0 spiro atoms. The van der Waals surface area contributed by atoms with E-state index in [9.17, 15) is 0 Å². The van der Waals surface area contributed by atoms with Gasteiger partial charge in [-0.2, -0.15) is 0 Å². The summed E-state index contributed by atoms with van der Waals surface area (Å²) in [6.07, 6.45) is 11.2. The first-order valence-electron chi connectivity index (χ1n) is 20.2. The highest BCUT2D eigenvalue weighted by molar-refractivity contribution is 6.12. The van der Waals surface area contributed by atoms with Gasteiger partial charge in [0.1, 0.15) is 0 Å². The first kappa shape index (κ1) is 32.2. The Hall–Kier alpha value is -7.10. The molecule has 57 heavy (non-hydrogen) atoms. The number of aromatic nitrogens is 3. The Morgan fingerprint density at radius 1 is 0.351 bits per heavy atom. The number of hydrogen-bond donors (Lipinski definition) is 0. The van der Waals surface area contributed by atoms with Crippen LogP contribution in [0.25, 0.3) is 89.5 Å². The number of fused-ring (bicyclic) bond motifs is 9. The summed E-state index contributed by atoms with van der Waals surface area (Å²) in [5.74, 6) is 0. The average Bonchev–Trinajstić information content (AvgIpc) is 3.92. The highest BCUT2D eigenvalue weighted by atomic mass is 15.0. The molecule has 0 amide bonds. The predicted molar refractivity (Wildman–Crippen MR) is 240 cm³/mol. The van der Waals surface area contributed by atoms with E-state index in [-0.39, 0.29) is 0 Å². The van der Waals surface area contributed by atoms with Crippen molar-refractivity contribution in [1.82, 2.24) is 13.7 Å². The van der Waals surface area contributed by atoms with E-state index in [1.807, 2.05) is 0 Å². The molecule has 10 aromatic rings. The Balaban J connectivity index is 1.03. The minimum atomic E-state index is 0.992. The van der Waals surface area contributed by atoms with E-state index in [0.717, 1.165) is 25.7 Å². The number of hydrogen-bond acceptors (Lipinski definition) is 0. The summed E-state index contributed by atoms with van der Waals surface area (Å²) >= 11 is 0. The molecule has 3 aromatic heterocycles. The third kappa shape index (κ3) is 4.98. The SMILES string of the molecule is C1=Cc2c(n(-c3ccccc3)c3ccc(-c4ccc5c(c4)c4cc(C6=Cc7c(n(-c8ccccc8)c8ccccc78)CC6)ccc4n5-c4ccccc4)cc23)CC1. The second-order valence-corrected chi connectivity index (χ2v) is 15.6. The molecule has 12 rings (SSSR count). The molecule has 0 aliphatic heterocycles. The zero-order valence-electron chi connectivity index (χ0n) is 31.6. The van der Waals surface area contributed by atoms with Gasteiger partial charge in [0, 0.05) is 61.1 Å². The zero-order valence-corrected chi connectivity index (χ0v) is 31.6. The number of para-hydroxylation sites is 4. The Bertz CT molecular complexity index is 3260. The van der Waals surface area contributed by atoms with Crippen molar-refractivity contribution in [1.29, 1.82) is 0 Å². The summed E-state index contributed by atoms with van der Waals surface area (Å²) in [5, 5.41) is 5.18. The molecular weight excluding hydrogens is 691 g/mol. The molecule has 0 fully saturated rings. The molecule has 0 saturated carbocycles. The first-order chi connectivity index (χ1) is 28.3. The Morgan fingerprint density at radius 2 is 0.842 bits per heavy atom. The molecular formula is C54H39N3. The number of benzene rings is 7. The molecule has 3 heterocycles. The molecule has 3 nitrogen and oxygen atoms in total. The predicted octanol–water partition coefficient (Wildman–Crippen LogP) is 13.8. The smallest absolute Gasteiger partial charge is 0.0541 e. The minimum Gasteiger partial charge on any atom is -0.313 e. The van der Waals surface area contributed by atoms with Crippen LogP contribution in [0.1, 0.15) is 40.9 Å². The molecule has 0 bridgehead atoms. The van der Waals surface area contributed by atoms with Crippen molar-refractivity contribution >= 4 is 61.3 Å². The van der Waals surface area contributed by atoms with Gasteiger partial charge in [-0.3, -0.25) is 0 Å². The van der Waals surface area contributed by atoms with Gasteiger partial charge in [0.2, 0.25) is 0 Å². The van der Waals surface area contributed by atoms with Crippen molar-refractivity contribution in [3.8, 4) is 28.2 Å². The van der Waals surface area contributed by atoms with Crippen LogP contribution in [0.15, 0.2) is 176 Å². The molecule has 2 aliphatic rings. The lowest BCUT2D eigenvalue weighted by Gasteiger charge is -2.18. The largest absolute Gasteiger partial charge is 0.313 e. The molecule has 2 aliphatic carbocycles. The Kier molecular flexibility index (Phi) is 7.18. The van der Waals surface area contributed by atoms with E-state index >= 15 is 0 Å². The van der Waals surface area contributed by atoms with Crippen molar-refractivity contribution in [2.75, 3.05) is 0 Å². The van der Waals surface area contributed by atoms with E-state index in [4.69, 9.17) is 0 Å². The van der Waals surface area contributed by atoms with Crippen LogP contribution in [-0.4, -0.2) is 13.7 Å². The Morgan fingerprint density at radius 3 is 1.49 bits per heavy atom. The first-order valence-corrected chi connectivity index (χ1v) is 20.2. The average molecular weight is 730 g/mol. The van der Waals surface area contributed by atoms with Crippen molar-refractivity contribution in [2.45, 2.75) is 25.7 Å². The van der Waals surface area contributed by atoms with Crippen LogP contribution in [0.2, 0.25) is 0 Å². The van der Waals surface area contributed by atoms with Gasteiger partial charge >= 0.3 is 0 Å². The van der Waals surface area contributed by atoms with Crippen LogP contribution in [0, 0.1) is 0 Å². The lowest BCUT2D eigenvalue weighted by atomic mass is 9.90. The molecule has 0 radical (unpaired) electrons. The van der Waals surface area contributed by atoms with E-state index in [1.165, 1.54) is 105 Å². The summed E-state index contributed by atoms with van der Waals surface area (Å²) in [5.41, 5.74) is 19.3. The van der Waals surface area contributed by atoms with Crippen molar-refractivity contribution < 1.29 is 0 Å². The fraction of sp³-hybridized carbons (Fsp3) is 0.0741. The summed E-state index contributed by atoms with van der Waals surface area (Å²) in [6, 6.07) is 62.6. The van der Waals surface area contributed by atoms with Gasteiger partial charge in [0.05, 0.1) is 22.1 Å². The quantitative estimate of drug-likeness (QED) is 0.168. The topological polar surface area (TPSA) is 14.8 Å². The van der Waals surface area contributed by atoms with Gasteiger partial charge in [-0.1, -0.05) is 103 Å². The van der Waals surface area contributed by atoms with E-state index in [0.29, 0.717) is 0 Å². The summed E-state index contributed by atoms with van der Waals surface area (Å²) in [7, 11) is 0. The third-order valence-corrected chi connectivity index (χ3v) is 12.4. The van der Waals surface area contributed by atoms with Crippen LogP contribution >= 0.6 is 0 Å². The summed E-state index contributed by atoms with van der Waals surface area (Å²) in [4.78, 5) is 0. The molecule has 0 unspecified atom stereocenters. The van der Waals surface area contributed by atoms with Gasteiger partial charge in [-0.05, 0) is 133 Å². The highest BCUT2D eigenvalue weighted by Crippen LogP contribution is 2.42. The van der Waals surface area contributed by atoms with Gasteiger partial charge in [0.25, 0.3) is 0 Å². The standard InChI is InChI=1S/C54H39N3/c1-4-14-40(15-5-1)55-49-22-12-10-20-43(49)45-32-36(24-28-51(45)55)38-26-30-53-47(34-38)48-35-39(27-31-54(48)57(53)42-18-8-3-9-19-42)37-25-29-52-46(33-37)44-21-11-13-23-50(44)56(52)41-16-6-2-7-17-41/h1-12,14-22,25-27,29-35H,13,23-24,28H2. The third-order valence-electron chi connectivity index (χ3n) is 12.4. The number of rotatable bonds is 5. The number of allylic oxidation sites excluding steroid dienone is 2. The molecule has 7 aromatic carbocycles. The van der Waals surface area contributed by atoms with Gasteiger partial charge < -0.3 is 13.7 Å². The maximum Gasteiger partial charge on any atom is 0.0541 e. The van der Waals surface area contributed by atoms with Crippen LogP contribution in [0.4, 0.5) is 0 Å². The maximum absolute atomic E-state index is 2.47. The van der Waals surface area contributed by atoms with Crippen molar-refractivity contribution in [2.24, 2.45) is 0 Å². The minimum absolute atomic E-state index is 0.992. The molecule has 3 heteroatoms. The van der Waals surface area contributed by atoms with E-state index in [1.54, 1.807) is 0 Å². The normalized spacial score (nSPS) is 13.7. The maximum atomic E-state index is 2.47. The monoisotopic (exact) mass is 729 g/mol. The van der Waals surface area contributed by atoms with Crippen LogP contribution in [-0.2, 0) is 12.8 Å². The molecule has 270 valence electrons. The van der Waals surface area contributed by atoms with Crippen molar-refractivity contribution in [3.05, 3.63) is 204 Å². The van der Waals surface area contributed by atoms with Gasteiger partial charge in [-0.15, -0.1) is 0 Å². The highest BCUT2D eigenvalue weighted by Gasteiger charge is 2.23. The molecule has 0 atom stereocenters. The fourth-order valence-corrected chi connectivity index (χ4v) is 9.86. The van der Waals surface area contributed by atoms with Crippen LogP contribution < -0.4 is 0 Å². The van der Waals surface area contributed by atoms with Gasteiger partial charge in [-0.25, -0.2) is 0 Å². The fourth-order valence-electron chi connectivity index (χ4n) is 9.86. The van der Waals surface area contributed by atoms with Crippen LogP contribution in [0.5, 0.6) is 0 Å². The summed E-state index contributed by atoms with van der Waals surface area (Å²) in [6.45, 7) is 0. The lowest BCUT2D eigenvalue weighted by Crippen LogP contribution is -2.05.